The summed E-state index contributed by atoms with van der Waals surface area (Å²) in [6.45, 7) is 3.75. The molecule has 1 amide bonds. The van der Waals surface area contributed by atoms with Crippen molar-refractivity contribution in [1.82, 2.24) is 10.2 Å². The van der Waals surface area contributed by atoms with Crippen molar-refractivity contribution >= 4 is 17.8 Å². The van der Waals surface area contributed by atoms with E-state index in [1.807, 2.05) is 35.2 Å². The van der Waals surface area contributed by atoms with Crippen LogP contribution in [0.15, 0.2) is 41.8 Å². The Balaban J connectivity index is 1.80. The summed E-state index contributed by atoms with van der Waals surface area (Å²) in [6, 6.07) is 9.33. The molecular formula is C18H24N4O2. The van der Waals surface area contributed by atoms with Crippen LogP contribution >= 0.6 is 0 Å². The van der Waals surface area contributed by atoms with Gasteiger partial charge in [-0.05, 0) is 30.9 Å². The average Bonchev–Trinajstić information content (AvgIpc) is 3.44. The van der Waals surface area contributed by atoms with Gasteiger partial charge in [-0.15, -0.1) is 0 Å². The Hall–Kier alpha value is -2.34. The maximum atomic E-state index is 12.7. The van der Waals surface area contributed by atoms with Crippen LogP contribution in [0.3, 0.4) is 0 Å². The third-order valence-electron chi connectivity index (χ3n) is 4.23. The number of piperazine rings is 1. The zero-order chi connectivity index (χ0) is 16.8. The second kappa shape index (κ2) is 7.97. The maximum Gasteiger partial charge on any atom is 0.293 e. The van der Waals surface area contributed by atoms with Crippen LogP contribution in [-0.2, 0) is 9.53 Å². The molecule has 24 heavy (non-hydrogen) atoms. The fourth-order valence-electron chi connectivity index (χ4n) is 2.66. The molecule has 6 nitrogen and oxygen atoms in total. The summed E-state index contributed by atoms with van der Waals surface area (Å²) in [5.74, 6) is 0.501. The maximum absolute atomic E-state index is 12.7. The van der Waals surface area contributed by atoms with Crippen LogP contribution in [0.25, 0.3) is 0 Å². The van der Waals surface area contributed by atoms with E-state index in [1.165, 1.54) is 6.21 Å². The van der Waals surface area contributed by atoms with E-state index in [2.05, 4.69) is 10.6 Å². The van der Waals surface area contributed by atoms with Crippen LogP contribution in [0, 0.1) is 11.3 Å². The molecule has 128 valence electrons. The smallest absolute Gasteiger partial charge is 0.293 e. The molecule has 6 heteroatoms. The van der Waals surface area contributed by atoms with E-state index in [1.54, 1.807) is 0 Å². The highest BCUT2D eigenvalue weighted by molar-refractivity contribution is 6.05. The van der Waals surface area contributed by atoms with Crippen molar-refractivity contribution in [2.45, 2.75) is 12.8 Å². The van der Waals surface area contributed by atoms with Crippen molar-refractivity contribution in [2.75, 3.05) is 38.1 Å². The minimum absolute atomic E-state index is 0.252. The predicted octanol–water partition coefficient (Wildman–Crippen LogP) is 1.82. The molecule has 2 fully saturated rings. The van der Waals surface area contributed by atoms with Gasteiger partial charge in [-0.25, -0.2) is 0 Å². The summed E-state index contributed by atoms with van der Waals surface area (Å²) in [6.07, 6.45) is 3.54. The van der Waals surface area contributed by atoms with E-state index < -0.39 is 0 Å². The van der Waals surface area contributed by atoms with Crippen molar-refractivity contribution < 1.29 is 9.53 Å². The van der Waals surface area contributed by atoms with Crippen molar-refractivity contribution in [3.05, 3.63) is 41.8 Å². The van der Waals surface area contributed by atoms with Crippen molar-refractivity contribution in [3.8, 4) is 0 Å². The van der Waals surface area contributed by atoms with Gasteiger partial charge in [-0.3, -0.25) is 4.79 Å². The van der Waals surface area contributed by atoms with Crippen molar-refractivity contribution in [2.24, 2.45) is 5.92 Å². The molecule has 0 spiro atoms. The highest BCUT2D eigenvalue weighted by Crippen LogP contribution is 2.30. The lowest BCUT2D eigenvalue weighted by atomic mass is 10.2. The monoisotopic (exact) mass is 328 g/mol. The van der Waals surface area contributed by atoms with E-state index in [4.69, 9.17) is 10.1 Å². The van der Waals surface area contributed by atoms with Crippen LogP contribution in [0.2, 0.25) is 0 Å². The Kier molecular flexibility index (Phi) is 5.48. The first-order valence-electron chi connectivity index (χ1n) is 8.47. The summed E-state index contributed by atoms with van der Waals surface area (Å²) >= 11 is 0. The molecule has 1 saturated carbocycles. The lowest BCUT2D eigenvalue weighted by molar-refractivity contribution is -0.116. The number of para-hydroxylation sites is 1. The topological polar surface area (TPSA) is 77.5 Å². The number of nitrogens with one attached hydrogen (secondary N) is 3. The quantitative estimate of drug-likeness (QED) is 0.405. The summed E-state index contributed by atoms with van der Waals surface area (Å²) in [7, 11) is 0. The molecular weight excluding hydrogens is 304 g/mol. The second-order valence-corrected chi connectivity index (χ2v) is 6.17. The van der Waals surface area contributed by atoms with Gasteiger partial charge in [-0.2, -0.15) is 0 Å². The van der Waals surface area contributed by atoms with Crippen LogP contribution in [-0.4, -0.2) is 49.8 Å². The number of benzene rings is 1. The number of amides is 1. The van der Waals surface area contributed by atoms with E-state index in [0.29, 0.717) is 18.2 Å². The number of allylic oxidation sites excluding steroid dienone is 1. The SMILES string of the molecule is N=C/C(=C(/OCC1CC1)C(=O)Nc1ccccc1)N1CCNCC1. The zero-order valence-corrected chi connectivity index (χ0v) is 13.8. The Labute approximate surface area is 142 Å². The fourth-order valence-corrected chi connectivity index (χ4v) is 2.66. The molecule has 0 atom stereocenters. The number of hydrogen-bond donors (Lipinski definition) is 3. The highest BCUT2D eigenvalue weighted by Gasteiger charge is 2.27. The molecule has 1 saturated heterocycles. The first-order chi connectivity index (χ1) is 11.8. The molecule has 2 aliphatic rings. The van der Waals surface area contributed by atoms with Gasteiger partial charge in [-0.1, -0.05) is 18.2 Å². The molecule has 1 aliphatic carbocycles. The van der Waals surface area contributed by atoms with Gasteiger partial charge in [0.25, 0.3) is 5.91 Å². The Bertz CT molecular complexity index is 605. The average molecular weight is 328 g/mol. The summed E-state index contributed by atoms with van der Waals surface area (Å²) in [4.78, 5) is 14.8. The molecule has 0 bridgehead atoms. The van der Waals surface area contributed by atoms with E-state index in [0.717, 1.165) is 44.7 Å². The summed E-state index contributed by atoms with van der Waals surface area (Å²) in [5, 5.41) is 13.9. The zero-order valence-electron chi connectivity index (χ0n) is 13.8. The molecule has 1 heterocycles. The van der Waals surface area contributed by atoms with Gasteiger partial charge in [0.1, 0.15) is 5.70 Å². The summed E-state index contributed by atoms with van der Waals surface area (Å²) < 4.78 is 5.86. The predicted molar refractivity (Wildman–Crippen MR) is 94.0 cm³/mol. The Morgan fingerprint density at radius 2 is 2.00 bits per heavy atom. The molecule has 0 aromatic heterocycles. The number of anilines is 1. The largest absolute Gasteiger partial charge is 0.486 e. The first-order valence-corrected chi connectivity index (χ1v) is 8.47. The van der Waals surface area contributed by atoms with Gasteiger partial charge in [0.2, 0.25) is 5.76 Å². The van der Waals surface area contributed by atoms with Crippen LogP contribution < -0.4 is 10.6 Å². The number of nitrogens with zero attached hydrogens (tertiary/aromatic N) is 1. The number of ether oxygens (including phenoxy) is 1. The lowest BCUT2D eigenvalue weighted by Gasteiger charge is -2.31. The normalized spacial score (nSPS) is 18.6. The van der Waals surface area contributed by atoms with Gasteiger partial charge in [0, 0.05) is 38.1 Å². The molecule has 0 unspecified atom stereocenters. The number of rotatable bonds is 7. The van der Waals surface area contributed by atoms with Crippen molar-refractivity contribution in [1.29, 1.82) is 5.41 Å². The number of hydrogen-bond acceptors (Lipinski definition) is 5. The van der Waals surface area contributed by atoms with E-state index >= 15 is 0 Å². The Morgan fingerprint density at radius 3 is 2.62 bits per heavy atom. The molecule has 1 aromatic rings. The third-order valence-corrected chi connectivity index (χ3v) is 4.23. The summed E-state index contributed by atoms with van der Waals surface area (Å²) in [5.41, 5.74) is 1.28. The Morgan fingerprint density at radius 1 is 1.29 bits per heavy atom. The number of carbonyl (C=O) groups is 1. The van der Waals surface area contributed by atoms with Gasteiger partial charge in [0.15, 0.2) is 0 Å². The van der Waals surface area contributed by atoms with Gasteiger partial charge < -0.3 is 25.7 Å². The van der Waals surface area contributed by atoms with Crippen LogP contribution in [0.4, 0.5) is 5.69 Å². The third kappa shape index (κ3) is 4.35. The molecule has 1 aliphatic heterocycles. The minimum Gasteiger partial charge on any atom is -0.486 e. The molecule has 3 N–H and O–H groups in total. The number of carbonyl (C=O) groups excluding carboxylic acids is 1. The lowest BCUT2D eigenvalue weighted by Crippen LogP contribution is -2.44. The second-order valence-electron chi connectivity index (χ2n) is 6.17. The van der Waals surface area contributed by atoms with Crippen molar-refractivity contribution in [3.63, 3.8) is 0 Å². The van der Waals surface area contributed by atoms with E-state index in [-0.39, 0.29) is 11.7 Å². The van der Waals surface area contributed by atoms with Gasteiger partial charge >= 0.3 is 0 Å². The fraction of sp³-hybridized carbons (Fsp3) is 0.444. The molecule has 3 rings (SSSR count). The standard InChI is InChI=1S/C18H24N4O2/c19-12-16(22-10-8-20-9-11-22)17(24-13-14-6-7-14)18(23)21-15-4-2-1-3-5-15/h1-5,12,14,19-20H,6-11,13H2,(H,21,23)/b17-16-,19-12?. The van der Waals surface area contributed by atoms with Crippen LogP contribution in [0.5, 0.6) is 0 Å². The highest BCUT2D eigenvalue weighted by atomic mass is 16.5. The van der Waals surface area contributed by atoms with Gasteiger partial charge in [0.05, 0.1) is 6.61 Å². The minimum atomic E-state index is -0.293. The van der Waals surface area contributed by atoms with Crippen LogP contribution in [0.1, 0.15) is 12.8 Å². The molecule has 0 radical (unpaired) electrons. The molecule has 1 aromatic carbocycles. The first kappa shape index (κ1) is 16.5. The van der Waals surface area contributed by atoms with E-state index in [9.17, 15) is 4.79 Å².